The third-order valence-electron chi connectivity index (χ3n) is 5.03. The molecule has 9 heteroatoms. The molecule has 0 atom stereocenters. The molecular formula is C24H21N3O5S. The van der Waals surface area contributed by atoms with Crippen LogP contribution < -0.4 is 15.1 Å². The van der Waals surface area contributed by atoms with Gasteiger partial charge in [-0.05, 0) is 42.5 Å². The summed E-state index contributed by atoms with van der Waals surface area (Å²) in [5.41, 5.74) is 0.177. The van der Waals surface area contributed by atoms with E-state index in [9.17, 15) is 18.0 Å². The number of H-pyrrole nitrogens is 1. The van der Waals surface area contributed by atoms with E-state index in [0.717, 1.165) is 0 Å². The van der Waals surface area contributed by atoms with E-state index in [1.54, 1.807) is 42.5 Å². The Labute approximate surface area is 190 Å². The summed E-state index contributed by atoms with van der Waals surface area (Å²) in [7, 11) is -4.00. The monoisotopic (exact) mass is 463 g/mol. The fourth-order valence-electron chi connectivity index (χ4n) is 3.38. The van der Waals surface area contributed by atoms with Gasteiger partial charge >= 0.3 is 0 Å². The van der Waals surface area contributed by atoms with Crippen molar-refractivity contribution in [3.05, 3.63) is 107 Å². The van der Waals surface area contributed by atoms with Crippen molar-refractivity contribution in [3.63, 3.8) is 0 Å². The Bertz CT molecular complexity index is 1460. The predicted molar refractivity (Wildman–Crippen MR) is 126 cm³/mol. The number of para-hydroxylation sites is 1. The topological polar surface area (TPSA) is 112 Å². The number of anilines is 1. The Morgan fingerprint density at radius 3 is 2.61 bits per heavy atom. The predicted octanol–water partition coefficient (Wildman–Crippen LogP) is 3.43. The van der Waals surface area contributed by atoms with Gasteiger partial charge in [0.1, 0.15) is 11.3 Å². The molecule has 0 saturated heterocycles. The second-order valence-electron chi connectivity index (χ2n) is 7.16. The molecule has 0 aliphatic heterocycles. The molecule has 2 heterocycles. The molecule has 1 amide bonds. The Kier molecular flexibility index (Phi) is 6.14. The van der Waals surface area contributed by atoms with Crippen LogP contribution in [0.3, 0.4) is 0 Å². The number of nitrogens with one attached hydrogen (secondary N) is 2. The van der Waals surface area contributed by atoms with E-state index in [2.05, 4.69) is 16.9 Å². The molecule has 4 aromatic rings. The lowest BCUT2D eigenvalue weighted by Gasteiger charge is -2.23. The van der Waals surface area contributed by atoms with E-state index >= 15 is 0 Å². The van der Waals surface area contributed by atoms with Gasteiger partial charge in [-0.15, -0.1) is 6.58 Å². The fraction of sp³-hybridized carbons (Fsp3) is 0.0833. The van der Waals surface area contributed by atoms with E-state index in [1.165, 1.54) is 41.0 Å². The van der Waals surface area contributed by atoms with Gasteiger partial charge in [0.2, 0.25) is 5.43 Å². The van der Waals surface area contributed by atoms with Crippen molar-refractivity contribution in [2.45, 2.75) is 11.4 Å². The van der Waals surface area contributed by atoms with Gasteiger partial charge in [0.25, 0.3) is 15.9 Å². The number of nitrogens with zero attached hydrogens (tertiary/aromatic N) is 1. The number of aromatic nitrogens is 1. The lowest BCUT2D eigenvalue weighted by atomic mass is 10.1. The molecule has 2 aromatic heterocycles. The van der Waals surface area contributed by atoms with Crippen LogP contribution in [0.2, 0.25) is 0 Å². The molecule has 168 valence electrons. The number of furan rings is 1. The van der Waals surface area contributed by atoms with Gasteiger partial charge < -0.3 is 14.7 Å². The minimum absolute atomic E-state index is 0.0516. The number of pyridine rings is 1. The maximum Gasteiger partial charge on any atom is 0.264 e. The first kappa shape index (κ1) is 22.1. The van der Waals surface area contributed by atoms with Gasteiger partial charge in [0, 0.05) is 17.1 Å². The molecule has 0 aliphatic rings. The van der Waals surface area contributed by atoms with Crippen molar-refractivity contribution in [2.24, 2.45) is 0 Å². The molecule has 0 aliphatic carbocycles. The number of aromatic amines is 1. The normalized spacial score (nSPS) is 11.3. The van der Waals surface area contributed by atoms with Crippen molar-refractivity contribution >= 4 is 32.5 Å². The molecule has 0 bridgehead atoms. The number of carbonyl (C=O) groups is 1. The van der Waals surface area contributed by atoms with Crippen LogP contribution in [0.1, 0.15) is 16.1 Å². The number of sulfonamides is 1. The molecule has 2 N–H and O–H groups in total. The first-order valence-corrected chi connectivity index (χ1v) is 11.5. The van der Waals surface area contributed by atoms with E-state index in [0.29, 0.717) is 17.0 Å². The number of fused-ring (bicyclic) bond motifs is 1. The summed E-state index contributed by atoms with van der Waals surface area (Å²) in [6.07, 6.45) is 4.28. The number of benzene rings is 2. The molecule has 0 saturated carbocycles. The molecular weight excluding hydrogens is 442 g/mol. The highest BCUT2D eigenvalue weighted by atomic mass is 32.2. The lowest BCUT2D eigenvalue weighted by molar-refractivity contribution is 0.0947. The molecule has 0 fully saturated rings. The van der Waals surface area contributed by atoms with Crippen LogP contribution in [0, 0.1) is 0 Å². The molecule has 8 nitrogen and oxygen atoms in total. The summed E-state index contributed by atoms with van der Waals surface area (Å²) in [5.74, 6) is -0.0578. The summed E-state index contributed by atoms with van der Waals surface area (Å²) < 4.78 is 33.2. The Morgan fingerprint density at radius 2 is 1.91 bits per heavy atom. The zero-order valence-electron chi connectivity index (χ0n) is 17.5. The van der Waals surface area contributed by atoms with Crippen LogP contribution in [0.25, 0.3) is 10.9 Å². The summed E-state index contributed by atoms with van der Waals surface area (Å²) in [4.78, 5) is 28.4. The fourth-order valence-corrected chi connectivity index (χ4v) is 4.85. The molecule has 0 spiro atoms. The Hall–Kier alpha value is -4.11. The van der Waals surface area contributed by atoms with Crippen LogP contribution >= 0.6 is 0 Å². The number of amides is 1. The Balaban J connectivity index is 1.72. The van der Waals surface area contributed by atoms with Crippen LogP contribution in [0.4, 0.5) is 5.69 Å². The van der Waals surface area contributed by atoms with E-state index in [4.69, 9.17) is 4.42 Å². The van der Waals surface area contributed by atoms with E-state index in [-0.39, 0.29) is 28.9 Å². The van der Waals surface area contributed by atoms with Crippen molar-refractivity contribution in [1.29, 1.82) is 0 Å². The van der Waals surface area contributed by atoms with E-state index in [1.807, 2.05) is 0 Å². The third-order valence-corrected chi connectivity index (χ3v) is 6.82. The third kappa shape index (κ3) is 4.44. The van der Waals surface area contributed by atoms with Crippen LogP contribution in [0.5, 0.6) is 0 Å². The van der Waals surface area contributed by atoms with Crippen LogP contribution in [0.15, 0.2) is 99.9 Å². The second kappa shape index (κ2) is 9.17. The van der Waals surface area contributed by atoms with Crippen molar-refractivity contribution < 1.29 is 17.6 Å². The van der Waals surface area contributed by atoms with Gasteiger partial charge in [-0.1, -0.05) is 24.3 Å². The van der Waals surface area contributed by atoms with Crippen molar-refractivity contribution in [2.75, 3.05) is 10.8 Å². The van der Waals surface area contributed by atoms with Gasteiger partial charge in [0.15, 0.2) is 0 Å². The number of carbonyl (C=O) groups excluding carboxylic acids is 1. The van der Waals surface area contributed by atoms with Crippen molar-refractivity contribution in [1.82, 2.24) is 10.3 Å². The molecule has 0 radical (unpaired) electrons. The van der Waals surface area contributed by atoms with E-state index < -0.39 is 21.4 Å². The Morgan fingerprint density at radius 1 is 1.12 bits per heavy atom. The van der Waals surface area contributed by atoms with Gasteiger partial charge in [-0.3, -0.25) is 13.9 Å². The maximum absolute atomic E-state index is 13.4. The number of hydrogen-bond donors (Lipinski definition) is 2. The highest BCUT2D eigenvalue weighted by Crippen LogP contribution is 2.25. The summed E-state index contributed by atoms with van der Waals surface area (Å²) in [5, 5.41) is 2.71. The average Bonchev–Trinajstić information content (AvgIpc) is 3.35. The summed E-state index contributed by atoms with van der Waals surface area (Å²) in [6.45, 7) is 3.82. The molecule has 0 unspecified atom stereocenters. The summed E-state index contributed by atoms with van der Waals surface area (Å²) in [6, 6.07) is 16.2. The van der Waals surface area contributed by atoms with Crippen molar-refractivity contribution in [3.8, 4) is 0 Å². The smallest absolute Gasteiger partial charge is 0.264 e. The standard InChI is InChI=1S/C24H21N3O5S/c1-2-12-27(17-7-4-3-5-8-17)33(30,31)19-10-11-22-20(14-19)23(28)21(16-25-22)24(29)26-15-18-9-6-13-32-18/h2-11,13-14,16H,1,12,15H2,(H,25,28)(H,26,29). The minimum Gasteiger partial charge on any atom is -0.467 e. The van der Waals surface area contributed by atoms with Gasteiger partial charge in [-0.2, -0.15) is 0 Å². The highest BCUT2D eigenvalue weighted by molar-refractivity contribution is 7.92. The molecule has 4 rings (SSSR count). The maximum atomic E-state index is 13.4. The quantitative estimate of drug-likeness (QED) is 0.389. The second-order valence-corrected chi connectivity index (χ2v) is 9.02. The van der Waals surface area contributed by atoms with Gasteiger partial charge in [0.05, 0.1) is 29.9 Å². The SMILES string of the molecule is C=CCN(c1ccccc1)S(=O)(=O)c1ccc2[nH]cc(C(=O)NCc3ccco3)c(=O)c2c1. The summed E-state index contributed by atoms with van der Waals surface area (Å²) >= 11 is 0. The molecule has 33 heavy (non-hydrogen) atoms. The first-order chi connectivity index (χ1) is 15.9. The lowest BCUT2D eigenvalue weighted by Crippen LogP contribution is -2.31. The van der Waals surface area contributed by atoms with Crippen LogP contribution in [-0.4, -0.2) is 25.9 Å². The number of hydrogen-bond acceptors (Lipinski definition) is 5. The highest BCUT2D eigenvalue weighted by Gasteiger charge is 2.25. The average molecular weight is 464 g/mol. The van der Waals surface area contributed by atoms with Gasteiger partial charge in [-0.25, -0.2) is 8.42 Å². The van der Waals surface area contributed by atoms with Crippen LogP contribution in [-0.2, 0) is 16.6 Å². The minimum atomic E-state index is -4.00. The zero-order valence-corrected chi connectivity index (χ0v) is 18.3. The molecule has 2 aromatic carbocycles. The zero-order chi connectivity index (χ0) is 23.4. The number of rotatable bonds is 8. The first-order valence-electron chi connectivity index (χ1n) is 10.1. The largest absolute Gasteiger partial charge is 0.467 e.